The predicted molar refractivity (Wildman–Crippen MR) is 115 cm³/mol. The molecule has 0 aliphatic carbocycles. The quantitative estimate of drug-likeness (QED) is 0.467. The molecule has 2 heterocycles. The molecule has 1 amide bonds. The average molecular weight is 453 g/mol. The van der Waals surface area contributed by atoms with E-state index in [0.29, 0.717) is 22.9 Å². The number of thiazole rings is 1. The molecule has 0 spiro atoms. The lowest BCUT2D eigenvalue weighted by Crippen LogP contribution is -2.27. The Labute approximate surface area is 180 Å². The zero-order chi connectivity index (χ0) is 19.8. The summed E-state index contributed by atoms with van der Waals surface area (Å²) < 4.78 is 13.5. The normalized spacial score (nSPS) is 16.8. The summed E-state index contributed by atoms with van der Waals surface area (Å²) >= 11 is 15.0. The van der Waals surface area contributed by atoms with Crippen molar-refractivity contribution in [2.75, 3.05) is 10.7 Å². The van der Waals surface area contributed by atoms with E-state index in [1.807, 2.05) is 31.2 Å². The summed E-state index contributed by atoms with van der Waals surface area (Å²) in [7, 11) is 0. The van der Waals surface area contributed by atoms with E-state index in [0.717, 1.165) is 21.1 Å². The Hall–Kier alpha value is -1.60. The van der Waals surface area contributed by atoms with Gasteiger partial charge in [0.05, 0.1) is 26.4 Å². The number of amides is 1. The van der Waals surface area contributed by atoms with Crippen molar-refractivity contribution in [2.24, 2.45) is 0 Å². The number of carbonyl (C=O) groups is 1. The van der Waals surface area contributed by atoms with Crippen LogP contribution in [0, 0.1) is 12.7 Å². The second-order valence-corrected chi connectivity index (χ2v) is 9.41. The lowest BCUT2D eigenvalue weighted by atomic mass is 10.2. The number of anilines is 1. The van der Waals surface area contributed by atoms with Gasteiger partial charge in [-0.25, -0.2) is 9.37 Å². The van der Waals surface area contributed by atoms with Crippen LogP contribution in [-0.4, -0.2) is 16.6 Å². The molecule has 8 heteroatoms. The number of carbonyl (C=O) groups excluding carboxylic acids is 1. The molecule has 4 rings (SSSR count). The number of benzene rings is 2. The van der Waals surface area contributed by atoms with Crippen molar-refractivity contribution in [3.63, 3.8) is 0 Å². The Morgan fingerprint density at radius 1 is 1.21 bits per heavy atom. The van der Waals surface area contributed by atoms with Crippen LogP contribution in [0.4, 0.5) is 10.1 Å². The van der Waals surface area contributed by atoms with Gasteiger partial charge in [-0.15, -0.1) is 23.1 Å². The highest BCUT2D eigenvalue weighted by Crippen LogP contribution is 2.45. The summed E-state index contributed by atoms with van der Waals surface area (Å²) in [6.45, 7) is 1.95. The number of rotatable bonds is 4. The van der Waals surface area contributed by atoms with Crippen LogP contribution in [0.5, 0.6) is 0 Å². The van der Waals surface area contributed by atoms with Gasteiger partial charge in [0, 0.05) is 17.1 Å². The molecule has 0 saturated carbocycles. The number of aryl methyl sites for hydroxylation is 1. The van der Waals surface area contributed by atoms with Gasteiger partial charge in [0.2, 0.25) is 5.91 Å². The Balaban J connectivity index is 1.63. The molecule has 144 valence electrons. The van der Waals surface area contributed by atoms with Crippen LogP contribution in [0.2, 0.25) is 10.0 Å². The minimum atomic E-state index is -0.500. The Morgan fingerprint density at radius 3 is 2.68 bits per heavy atom. The molecule has 2 aromatic carbocycles. The third kappa shape index (κ3) is 3.92. The summed E-state index contributed by atoms with van der Waals surface area (Å²) in [5, 5.41) is 1.50. The van der Waals surface area contributed by atoms with Gasteiger partial charge in [-0.05, 0) is 42.8 Å². The summed E-state index contributed by atoms with van der Waals surface area (Å²) in [4.78, 5) is 20.0. The summed E-state index contributed by atoms with van der Waals surface area (Å²) in [6, 6.07) is 12.1. The lowest BCUT2D eigenvalue weighted by molar-refractivity contribution is -0.115. The van der Waals surface area contributed by atoms with Crippen LogP contribution >= 0.6 is 46.3 Å². The van der Waals surface area contributed by atoms with E-state index < -0.39 is 5.82 Å². The van der Waals surface area contributed by atoms with Crippen molar-refractivity contribution in [2.45, 2.75) is 18.7 Å². The second-order valence-electron chi connectivity index (χ2n) is 6.39. The fourth-order valence-corrected chi connectivity index (χ4v) is 5.95. The van der Waals surface area contributed by atoms with E-state index in [4.69, 9.17) is 28.2 Å². The van der Waals surface area contributed by atoms with E-state index in [1.165, 1.54) is 12.1 Å². The Kier molecular flexibility index (Phi) is 5.65. The molecule has 1 atom stereocenters. The minimum Gasteiger partial charge on any atom is -0.294 e. The van der Waals surface area contributed by atoms with Crippen molar-refractivity contribution in [3.05, 3.63) is 79.5 Å². The van der Waals surface area contributed by atoms with Crippen molar-refractivity contribution in [1.29, 1.82) is 0 Å². The molecule has 1 saturated heterocycles. The lowest BCUT2D eigenvalue weighted by Gasteiger charge is -2.23. The highest BCUT2D eigenvalue weighted by Gasteiger charge is 2.36. The van der Waals surface area contributed by atoms with E-state index >= 15 is 0 Å². The summed E-state index contributed by atoms with van der Waals surface area (Å²) in [5.74, 6) is -0.158. The van der Waals surface area contributed by atoms with Crippen LogP contribution in [0.25, 0.3) is 0 Å². The van der Waals surface area contributed by atoms with Crippen LogP contribution in [0.1, 0.15) is 26.5 Å². The standard InChI is InChI=1S/C20H15Cl2FN2OS2/c1-11-19(28-17(24-11)8-12-2-4-13(21)5-3-12)20-25(18(26)10-27-20)14-6-7-16(23)15(22)9-14/h2-7,9,20H,8,10H2,1H3. The molecular weight excluding hydrogens is 438 g/mol. The monoisotopic (exact) mass is 452 g/mol. The highest BCUT2D eigenvalue weighted by molar-refractivity contribution is 8.01. The number of hydrogen-bond donors (Lipinski definition) is 0. The molecule has 28 heavy (non-hydrogen) atoms. The molecule has 3 aromatic rings. The van der Waals surface area contributed by atoms with Crippen LogP contribution < -0.4 is 4.90 Å². The fraction of sp³-hybridized carbons (Fsp3) is 0.200. The van der Waals surface area contributed by atoms with Crippen molar-refractivity contribution >= 4 is 57.9 Å². The molecule has 0 radical (unpaired) electrons. The fourth-order valence-electron chi connectivity index (χ4n) is 3.08. The van der Waals surface area contributed by atoms with Gasteiger partial charge in [-0.3, -0.25) is 9.69 Å². The second kappa shape index (κ2) is 8.03. The highest BCUT2D eigenvalue weighted by atomic mass is 35.5. The van der Waals surface area contributed by atoms with Gasteiger partial charge in [0.25, 0.3) is 0 Å². The molecule has 3 nitrogen and oxygen atoms in total. The third-order valence-corrected chi connectivity index (χ3v) is 7.50. The van der Waals surface area contributed by atoms with Crippen LogP contribution in [0.3, 0.4) is 0 Å². The van der Waals surface area contributed by atoms with Gasteiger partial charge in [0.1, 0.15) is 11.2 Å². The average Bonchev–Trinajstić information content (AvgIpc) is 3.21. The first kappa shape index (κ1) is 19.7. The van der Waals surface area contributed by atoms with E-state index in [-0.39, 0.29) is 16.3 Å². The molecule has 1 aliphatic heterocycles. The van der Waals surface area contributed by atoms with Crippen molar-refractivity contribution in [1.82, 2.24) is 4.98 Å². The van der Waals surface area contributed by atoms with E-state index in [9.17, 15) is 9.18 Å². The number of aromatic nitrogens is 1. The first-order valence-electron chi connectivity index (χ1n) is 8.52. The minimum absolute atomic E-state index is 0.00500. The van der Waals surface area contributed by atoms with E-state index in [2.05, 4.69) is 0 Å². The largest absolute Gasteiger partial charge is 0.294 e. The Bertz CT molecular complexity index is 1040. The maximum atomic E-state index is 13.5. The smallest absolute Gasteiger partial charge is 0.238 e. The molecule has 0 bridgehead atoms. The van der Waals surface area contributed by atoms with Crippen LogP contribution in [0.15, 0.2) is 42.5 Å². The topological polar surface area (TPSA) is 33.2 Å². The maximum absolute atomic E-state index is 13.5. The molecule has 0 N–H and O–H groups in total. The maximum Gasteiger partial charge on any atom is 0.238 e. The van der Waals surface area contributed by atoms with Gasteiger partial charge in [-0.1, -0.05) is 35.3 Å². The third-order valence-electron chi connectivity index (χ3n) is 4.42. The number of hydrogen-bond acceptors (Lipinski definition) is 4. The molecule has 1 aromatic heterocycles. The first-order chi connectivity index (χ1) is 13.4. The van der Waals surface area contributed by atoms with Gasteiger partial charge in [0.15, 0.2) is 0 Å². The zero-order valence-electron chi connectivity index (χ0n) is 14.8. The zero-order valence-corrected chi connectivity index (χ0v) is 17.9. The molecule has 1 unspecified atom stereocenters. The summed E-state index contributed by atoms with van der Waals surface area (Å²) in [5.41, 5.74) is 2.62. The number of thioether (sulfide) groups is 1. The molecular formula is C20H15Cl2FN2OS2. The Morgan fingerprint density at radius 2 is 1.96 bits per heavy atom. The van der Waals surface area contributed by atoms with E-state index in [1.54, 1.807) is 34.1 Å². The summed E-state index contributed by atoms with van der Waals surface area (Å²) in [6.07, 6.45) is 0.705. The predicted octanol–water partition coefficient (Wildman–Crippen LogP) is 6.27. The number of halogens is 3. The van der Waals surface area contributed by atoms with Gasteiger partial charge in [-0.2, -0.15) is 0 Å². The first-order valence-corrected chi connectivity index (χ1v) is 11.1. The van der Waals surface area contributed by atoms with Crippen LogP contribution in [-0.2, 0) is 11.2 Å². The molecule has 1 aliphatic rings. The van der Waals surface area contributed by atoms with Crippen molar-refractivity contribution < 1.29 is 9.18 Å². The number of nitrogens with zero attached hydrogens (tertiary/aromatic N) is 2. The SMILES string of the molecule is Cc1nc(Cc2ccc(Cl)cc2)sc1C1SCC(=O)N1c1ccc(F)c(Cl)c1. The van der Waals surface area contributed by atoms with Gasteiger partial charge < -0.3 is 0 Å². The van der Waals surface area contributed by atoms with Crippen molar-refractivity contribution in [3.8, 4) is 0 Å². The molecule has 1 fully saturated rings. The van der Waals surface area contributed by atoms with Gasteiger partial charge >= 0.3 is 0 Å².